The van der Waals surface area contributed by atoms with Gasteiger partial charge in [-0.1, -0.05) is 24.6 Å². The van der Waals surface area contributed by atoms with Gasteiger partial charge in [0.25, 0.3) is 5.91 Å². The zero-order valence-corrected chi connectivity index (χ0v) is 14.8. The molecule has 1 aromatic carbocycles. The van der Waals surface area contributed by atoms with Gasteiger partial charge in [0.15, 0.2) is 0 Å². The molecule has 0 radical (unpaired) electrons. The molecule has 1 aliphatic rings. The first kappa shape index (κ1) is 16.8. The van der Waals surface area contributed by atoms with E-state index in [1.807, 2.05) is 31.3 Å². The largest absolute Gasteiger partial charge is 0.370 e. The Hall–Kier alpha value is -2.07. The third-order valence-electron chi connectivity index (χ3n) is 4.56. The molecule has 126 valence electrons. The quantitative estimate of drug-likeness (QED) is 0.890. The number of rotatable bonds is 3. The van der Waals surface area contributed by atoms with Gasteiger partial charge in [-0.15, -0.1) is 0 Å². The van der Waals surface area contributed by atoms with E-state index in [9.17, 15) is 4.79 Å². The smallest absolute Gasteiger partial charge is 0.257 e. The van der Waals surface area contributed by atoms with E-state index >= 15 is 0 Å². The summed E-state index contributed by atoms with van der Waals surface area (Å²) in [5, 5.41) is 3.52. The molecule has 2 aromatic rings. The summed E-state index contributed by atoms with van der Waals surface area (Å²) in [6.45, 7) is 6.25. The monoisotopic (exact) mass is 343 g/mol. The van der Waals surface area contributed by atoms with Gasteiger partial charge in [0.1, 0.15) is 0 Å². The standard InChI is InChI=1S/C19H22ClN3O/c1-13-5-7-23(8-6-13)17-9-15(11-21-12-17)19(24)22-16-4-3-14(2)18(20)10-16/h3-4,9-13H,5-8H2,1-2H3,(H,22,24). The Morgan fingerprint density at radius 2 is 2.00 bits per heavy atom. The number of nitrogens with zero attached hydrogens (tertiary/aromatic N) is 2. The topological polar surface area (TPSA) is 45.2 Å². The van der Waals surface area contributed by atoms with Crippen molar-refractivity contribution in [1.82, 2.24) is 4.98 Å². The molecular formula is C19H22ClN3O. The molecule has 1 fully saturated rings. The first-order valence-electron chi connectivity index (χ1n) is 8.30. The van der Waals surface area contributed by atoms with E-state index in [0.717, 1.165) is 30.3 Å². The summed E-state index contributed by atoms with van der Waals surface area (Å²) in [7, 11) is 0. The van der Waals surface area contributed by atoms with E-state index in [4.69, 9.17) is 11.6 Å². The van der Waals surface area contributed by atoms with Gasteiger partial charge in [0.2, 0.25) is 0 Å². The zero-order chi connectivity index (χ0) is 17.1. The molecule has 0 unspecified atom stereocenters. The summed E-state index contributed by atoms with van der Waals surface area (Å²) in [6.07, 6.45) is 5.79. The fourth-order valence-electron chi connectivity index (χ4n) is 2.87. The lowest BCUT2D eigenvalue weighted by molar-refractivity contribution is 0.102. The first-order chi connectivity index (χ1) is 11.5. The fraction of sp³-hybridized carbons (Fsp3) is 0.368. The Kier molecular flexibility index (Phi) is 5.05. The minimum absolute atomic E-state index is 0.172. The second kappa shape index (κ2) is 7.22. The van der Waals surface area contributed by atoms with Crippen LogP contribution in [-0.2, 0) is 0 Å². The van der Waals surface area contributed by atoms with E-state index in [1.54, 1.807) is 12.3 Å². The molecule has 1 amide bonds. The second-order valence-electron chi connectivity index (χ2n) is 6.52. The maximum atomic E-state index is 12.5. The SMILES string of the molecule is Cc1ccc(NC(=O)c2cncc(N3CCC(C)CC3)c2)cc1Cl. The van der Waals surface area contributed by atoms with Gasteiger partial charge in [0.05, 0.1) is 17.4 Å². The van der Waals surface area contributed by atoms with Crippen molar-refractivity contribution >= 4 is 28.9 Å². The Balaban J connectivity index is 1.73. The molecule has 0 spiro atoms. The highest BCUT2D eigenvalue weighted by atomic mass is 35.5. The van der Waals surface area contributed by atoms with Gasteiger partial charge in [0, 0.05) is 30.0 Å². The van der Waals surface area contributed by atoms with Gasteiger partial charge < -0.3 is 10.2 Å². The molecule has 3 rings (SSSR count). The second-order valence-corrected chi connectivity index (χ2v) is 6.93. The highest BCUT2D eigenvalue weighted by molar-refractivity contribution is 6.31. The lowest BCUT2D eigenvalue weighted by Gasteiger charge is -2.32. The third-order valence-corrected chi connectivity index (χ3v) is 4.97. The number of amides is 1. The number of hydrogen-bond donors (Lipinski definition) is 1. The van der Waals surface area contributed by atoms with Crippen molar-refractivity contribution in [3.05, 3.63) is 52.8 Å². The van der Waals surface area contributed by atoms with Gasteiger partial charge in [-0.2, -0.15) is 0 Å². The normalized spacial score (nSPS) is 15.4. The van der Waals surface area contributed by atoms with E-state index < -0.39 is 0 Å². The van der Waals surface area contributed by atoms with E-state index in [-0.39, 0.29) is 5.91 Å². The number of hydrogen-bond acceptors (Lipinski definition) is 3. The van der Waals surface area contributed by atoms with Crippen LogP contribution in [0.25, 0.3) is 0 Å². The molecule has 1 aromatic heterocycles. The fourth-order valence-corrected chi connectivity index (χ4v) is 3.05. The van der Waals surface area contributed by atoms with Crippen molar-refractivity contribution in [2.24, 2.45) is 5.92 Å². The number of pyridine rings is 1. The maximum Gasteiger partial charge on any atom is 0.257 e. The van der Waals surface area contributed by atoms with Crippen LogP contribution in [0.15, 0.2) is 36.7 Å². The van der Waals surface area contributed by atoms with Crippen LogP contribution in [0.4, 0.5) is 11.4 Å². The molecule has 1 aliphatic heterocycles. The lowest BCUT2D eigenvalue weighted by Crippen LogP contribution is -2.33. The number of aromatic nitrogens is 1. The van der Waals surface area contributed by atoms with Crippen molar-refractivity contribution in [3.8, 4) is 0 Å². The molecule has 0 aliphatic carbocycles. The van der Waals surface area contributed by atoms with E-state index in [2.05, 4.69) is 22.1 Å². The molecule has 2 heterocycles. The Labute approximate surface area is 147 Å². The van der Waals surface area contributed by atoms with Crippen molar-refractivity contribution in [2.45, 2.75) is 26.7 Å². The molecule has 0 saturated carbocycles. The lowest BCUT2D eigenvalue weighted by atomic mass is 9.99. The highest BCUT2D eigenvalue weighted by Gasteiger charge is 2.17. The minimum atomic E-state index is -0.172. The summed E-state index contributed by atoms with van der Waals surface area (Å²) in [5.41, 5.74) is 3.24. The molecule has 0 atom stereocenters. The summed E-state index contributed by atoms with van der Waals surface area (Å²) in [5.74, 6) is 0.599. The van der Waals surface area contributed by atoms with Gasteiger partial charge in [-0.05, 0) is 49.4 Å². The number of piperidine rings is 1. The summed E-state index contributed by atoms with van der Waals surface area (Å²) >= 11 is 6.11. The van der Waals surface area contributed by atoms with Gasteiger partial charge >= 0.3 is 0 Å². The van der Waals surface area contributed by atoms with Crippen molar-refractivity contribution in [2.75, 3.05) is 23.3 Å². The summed E-state index contributed by atoms with van der Waals surface area (Å²) in [4.78, 5) is 19.0. The van der Waals surface area contributed by atoms with E-state index in [0.29, 0.717) is 16.3 Å². The first-order valence-corrected chi connectivity index (χ1v) is 8.68. The number of carbonyl (C=O) groups excluding carboxylic acids is 1. The van der Waals surface area contributed by atoms with Crippen LogP contribution in [0.5, 0.6) is 0 Å². The number of nitrogens with one attached hydrogen (secondary N) is 1. The molecule has 5 heteroatoms. The predicted molar refractivity (Wildman–Crippen MR) is 99.0 cm³/mol. The highest BCUT2D eigenvalue weighted by Crippen LogP contribution is 2.24. The minimum Gasteiger partial charge on any atom is -0.370 e. The summed E-state index contributed by atoms with van der Waals surface area (Å²) in [6, 6.07) is 7.41. The molecule has 4 nitrogen and oxygen atoms in total. The average molecular weight is 344 g/mol. The Morgan fingerprint density at radius 1 is 1.25 bits per heavy atom. The Bertz CT molecular complexity index is 739. The van der Waals surface area contributed by atoms with Crippen LogP contribution in [0.1, 0.15) is 35.7 Å². The average Bonchev–Trinajstić information content (AvgIpc) is 2.59. The number of carbonyl (C=O) groups is 1. The van der Waals surface area contributed by atoms with Gasteiger partial charge in [-0.25, -0.2) is 0 Å². The molecular weight excluding hydrogens is 322 g/mol. The number of aryl methyl sites for hydroxylation is 1. The van der Waals surface area contributed by atoms with Crippen molar-refractivity contribution < 1.29 is 4.79 Å². The van der Waals surface area contributed by atoms with Crippen LogP contribution >= 0.6 is 11.6 Å². The number of halogens is 1. The predicted octanol–water partition coefficient (Wildman–Crippen LogP) is 4.53. The van der Waals surface area contributed by atoms with Crippen LogP contribution in [0.2, 0.25) is 5.02 Å². The van der Waals surface area contributed by atoms with E-state index in [1.165, 1.54) is 12.8 Å². The third kappa shape index (κ3) is 3.88. The molecule has 0 bridgehead atoms. The van der Waals surface area contributed by atoms with Crippen LogP contribution < -0.4 is 10.2 Å². The number of benzene rings is 1. The molecule has 24 heavy (non-hydrogen) atoms. The maximum absolute atomic E-state index is 12.5. The molecule has 1 N–H and O–H groups in total. The van der Waals surface area contributed by atoms with Crippen molar-refractivity contribution in [3.63, 3.8) is 0 Å². The van der Waals surface area contributed by atoms with Crippen LogP contribution in [0.3, 0.4) is 0 Å². The van der Waals surface area contributed by atoms with Crippen molar-refractivity contribution in [1.29, 1.82) is 0 Å². The molecule has 1 saturated heterocycles. The zero-order valence-electron chi connectivity index (χ0n) is 14.1. The van der Waals surface area contributed by atoms with Crippen LogP contribution in [0, 0.1) is 12.8 Å². The van der Waals surface area contributed by atoms with Gasteiger partial charge in [-0.3, -0.25) is 9.78 Å². The Morgan fingerprint density at radius 3 is 2.71 bits per heavy atom. The number of anilines is 2. The summed E-state index contributed by atoms with van der Waals surface area (Å²) < 4.78 is 0. The van der Waals surface area contributed by atoms with Crippen LogP contribution in [-0.4, -0.2) is 24.0 Å².